The summed E-state index contributed by atoms with van der Waals surface area (Å²) in [4.78, 5) is 2.50. The first-order valence-electron chi connectivity index (χ1n) is 6.56. The largest absolute Gasteiger partial charge is 0.369 e. The number of anilines is 1. The number of piperidine rings is 1. The van der Waals surface area contributed by atoms with Crippen molar-refractivity contribution in [3.8, 4) is 5.69 Å². The highest BCUT2D eigenvalue weighted by Gasteiger charge is 2.18. The number of benzene rings is 1. The van der Waals surface area contributed by atoms with Crippen LogP contribution in [0.2, 0.25) is 0 Å². The summed E-state index contributed by atoms with van der Waals surface area (Å²) in [5.41, 5.74) is 2.42. The van der Waals surface area contributed by atoms with E-state index < -0.39 is 0 Å². The number of nitrogens with zero attached hydrogens (tertiary/aromatic N) is 4. The van der Waals surface area contributed by atoms with Gasteiger partial charge in [-0.15, -0.1) is 10.2 Å². The molecule has 0 radical (unpaired) electrons. The van der Waals surface area contributed by atoms with Crippen LogP contribution in [0.5, 0.6) is 0 Å². The average molecular weight is 242 g/mol. The second-order valence-electron chi connectivity index (χ2n) is 4.92. The Balaban J connectivity index is 1.82. The van der Waals surface area contributed by atoms with Gasteiger partial charge in [0.15, 0.2) is 0 Å². The van der Waals surface area contributed by atoms with Gasteiger partial charge in [-0.25, -0.2) is 0 Å². The third-order valence-corrected chi connectivity index (χ3v) is 3.70. The summed E-state index contributed by atoms with van der Waals surface area (Å²) in [6.45, 7) is 3.49. The van der Waals surface area contributed by atoms with E-state index in [1.807, 2.05) is 4.57 Å². The highest BCUT2D eigenvalue weighted by molar-refractivity contribution is 5.51. The van der Waals surface area contributed by atoms with Gasteiger partial charge in [0.05, 0.1) is 0 Å². The molecule has 0 N–H and O–H groups in total. The minimum Gasteiger partial charge on any atom is -0.369 e. The molecule has 0 spiro atoms. The van der Waals surface area contributed by atoms with Crippen LogP contribution in [0.25, 0.3) is 5.69 Å². The van der Waals surface area contributed by atoms with E-state index in [0.717, 1.165) is 5.69 Å². The van der Waals surface area contributed by atoms with Crippen LogP contribution in [-0.4, -0.2) is 27.4 Å². The van der Waals surface area contributed by atoms with Gasteiger partial charge in [-0.3, -0.25) is 4.57 Å². The van der Waals surface area contributed by atoms with E-state index in [-0.39, 0.29) is 0 Å². The van der Waals surface area contributed by atoms with Crippen molar-refractivity contribution in [3.63, 3.8) is 0 Å². The molecule has 1 aliphatic heterocycles. The quantitative estimate of drug-likeness (QED) is 0.812. The van der Waals surface area contributed by atoms with E-state index >= 15 is 0 Å². The molecule has 1 aliphatic rings. The van der Waals surface area contributed by atoms with Crippen molar-refractivity contribution >= 4 is 5.69 Å². The van der Waals surface area contributed by atoms with Crippen LogP contribution in [-0.2, 0) is 0 Å². The van der Waals surface area contributed by atoms with E-state index in [1.54, 1.807) is 12.7 Å². The second-order valence-corrected chi connectivity index (χ2v) is 4.92. The Kier molecular flexibility index (Phi) is 3.00. The van der Waals surface area contributed by atoms with Crippen LogP contribution >= 0.6 is 0 Å². The molecular weight excluding hydrogens is 224 g/mol. The van der Waals surface area contributed by atoms with Gasteiger partial charge in [0.1, 0.15) is 12.7 Å². The van der Waals surface area contributed by atoms with Crippen molar-refractivity contribution in [3.05, 3.63) is 36.9 Å². The zero-order chi connectivity index (χ0) is 12.4. The molecule has 2 aromatic rings. The van der Waals surface area contributed by atoms with Crippen molar-refractivity contribution in [2.75, 3.05) is 11.4 Å². The van der Waals surface area contributed by atoms with Crippen LogP contribution in [0.1, 0.15) is 26.2 Å². The van der Waals surface area contributed by atoms with Gasteiger partial charge >= 0.3 is 0 Å². The van der Waals surface area contributed by atoms with E-state index in [4.69, 9.17) is 0 Å². The maximum absolute atomic E-state index is 3.83. The molecule has 4 nitrogen and oxygen atoms in total. The first-order chi connectivity index (χ1) is 8.84. The molecule has 94 valence electrons. The predicted molar refractivity (Wildman–Crippen MR) is 72.0 cm³/mol. The maximum Gasteiger partial charge on any atom is 0.123 e. The summed E-state index contributed by atoms with van der Waals surface area (Å²) in [7, 11) is 0. The Hall–Kier alpha value is -1.84. The van der Waals surface area contributed by atoms with Crippen LogP contribution < -0.4 is 4.90 Å². The number of hydrogen-bond donors (Lipinski definition) is 0. The second kappa shape index (κ2) is 4.80. The summed E-state index contributed by atoms with van der Waals surface area (Å²) >= 11 is 0. The van der Waals surface area contributed by atoms with Crippen molar-refractivity contribution in [1.29, 1.82) is 0 Å². The molecule has 0 aliphatic carbocycles. The average Bonchev–Trinajstić information content (AvgIpc) is 2.94. The van der Waals surface area contributed by atoms with Crippen LogP contribution in [0.15, 0.2) is 36.9 Å². The Bertz CT molecular complexity index is 489. The minimum atomic E-state index is 0.652. The molecule has 1 unspecified atom stereocenters. The lowest BCUT2D eigenvalue weighted by atomic mass is 10.0. The summed E-state index contributed by atoms with van der Waals surface area (Å²) in [6.07, 6.45) is 7.40. The Morgan fingerprint density at radius 3 is 2.33 bits per heavy atom. The van der Waals surface area contributed by atoms with Crippen molar-refractivity contribution in [1.82, 2.24) is 14.8 Å². The third-order valence-electron chi connectivity index (χ3n) is 3.70. The van der Waals surface area contributed by atoms with Crippen LogP contribution in [0, 0.1) is 0 Å². The molecule has 1 aromatic heterocycles. The molecule has 0 saturated carbocycles. The Labute approximate surface area is 107 Å². The lowest BCUT2D eigenvalue weighted by Crippen LogP contribution is -2.37. The van der Waals surface area contributed by atoms with Gasteiger partial charge in [-0.2, -0.15) is 0 Å². The van der Waals surface area contributed by atoms with Gasteiger partial charge in [-0.1, -0.05) is 0 Å². The summed E-state index contributed by atoms with van der Waals surface area (Å²) in [5, 5.41) is 7.65. The fourth-order valence-electron chi connectivity index (χ4n) is 2.63. The van der Waals surface area contributed by atoms with Gasteiger partial charge in [-0.05, 0) is 50.5 Å². The molecular formula is C14H18N4. The first kappa shape index (κ1) is 11.3. The van der Waals surface area contributed by atoms with Gasteiger partial charge in [0, 0.05) is 24.0 Å². The van der Waals surface area contributed by atoms with Crippen molar-refractivity contribution in [2.45, 2.75) is 32.2 Å². The minimum absolute atomic E-state index is 0.652. The van der Waals surface area contributed by atoms with Crippen molar-refractivity contribution in [2.24, 2.45) is 0 Å². The molecule has 2 heterocycles. The molecule has 1 saturated heterocycles. The SMILES string of the molecule is CC1CCCCN1c1ccc(-n2cnnc2)cc1. The number of rotatable bonds is 2. The molecule has 0 amide bonds. The smallest absolute Gasteiger partial charge is 0.123 e. The molecule has 3 rings (SSSR count). The van der Waals surface area contributed by atoms with Gasteiger partial charge in [0.25, 0.3) is 0 Å². The molecule has 1 atom stereocenters. The highest BCUT2D eigenvalue weighted by atomic mass is 15.2. The Morgan fingerprint density at radius 1 is 1.00 bits per heavy atom. The zero-order valence-electron chi connectivity index (χ0n) is 10.7. The standard InChI is InChI=1S/C14H18N4/c1-12-4-2-3-9-18(12)14-7-5-13(6-8-14)17-10-15-16-11-17/h5-8,10-12H,2-4,9H2,1H3. The van der Waals surface area contributed by atoms with E-state index in [2.05, 4.69) is 46.3 Å². The van der Waals surface area contributed by atoms with Crippen LogP contribution in [0.4, 0.5) is 5.69 Å². The van der Waals surface area contributed by atoms with Gasteiger partial charge in [0.2, 0.25) is 0 Å². The molecule has 0 bridgehead atoms. The van der Waals surface area contributed by atoms with Gasteiger partial charge < -0.3 is 4.90 Å². The summed E-state index contributed by atoms with van der Waals surface area (Å²) < 4.78 is 1.92. The van der Waals surface area contributed by atoms with E-state index in [0.29, 0.717) is 6.04 Å². The fraction of sp³-hybridized carbons (Fsp3) is 0.429. The van der Waals surface area contributed by atoms with E-state index in [9.17, 15) is 0 Å². The summed E-state index contributed by atoms with van der Waals surface area (Å²) in [5.74, 6) is 0. The lowest BCUT2D eigenvalue weighted by Gasteiger charge is -2.35. The molecule has 1 fully saturated rings. The zero-order valence-corrected chi connectivity index (χ0v) is 10.7. The molecule has 18 heavy (non-hydrogen) atoms. The third kappa shape index (κ3) is 2.10. The van der Waals surface area contributed by atoms with Crippen molar-refractivity contribution < 1.29 is 0 Å². The predicted octanol–water partition coefficient (Wildman–Crippen LogP) is 2.65. The first-order valence-corrected chi connectivity index (χ1v) is 6.56. The van der Waals surface area contributed by atoms with Crippen LogP contribution in [0.3, 0.4) is 0 Å². The maximum atomic E-state index is 3.83. The number of hydrogen-bond acceptors (Lipinski definition) is 3. The normalized spacial score (nSPS) is 20.1. The number of aromatic nitrogens is 3. The molecule has 4 heteroatoms. The Morgan fingerprint density at radius 2 is 1.67 bits per heavy atom. The monoisotopic (exact) mass is 242 g/mol. The summed E-state index contributed by atoms with van der Waals surface area (Å²) in [6, 6.07) is 9.29. The topological polar surface area (TPSA) is 34.0 Å². The highest BCUT2D eigenvalue weighted by Crippen LogP contribution is 2.25. The molecule has 1 aromatic carbocycles. The lowest BCUT2D eigenvalue weighted by molar-refractivity contribution is 0.485. The fourth-order valence-corrected chi connectivity index (χ4v) is 2.63. The van der Waals surface area contributed by atoms with E-state index in [1.165, 1.54) is 31.5 Å².